The molecule has 3 heteroatoms. The Balaban J connectivity index is 2.04. The lowest BCUT2D eigenvalue weighted by Crippen LogP contribution is -2.27. The van der Waals surface area contributed by atoms with Gasteiger partial charge in [0.2, 0.25) is 0 Å². The van der Waals surface area contributed by atoms with Gasteiger partial charge in [-0.1, -0.05) is 32.0 Å². The van der Waals surface area contributed by atoms with Gasteiger partial charge in [-0.25, -0.2) is 0 Å². The van der Waals surface area contributed by atoms with Crippen molar-refractivity contribution in [1.29, 1.82) is 0 Å². The molecule has 0 saturated carbocycles. The molecule has 0 aliphatic heterocycles. The van der Waals surface area contributed by atoms with Crippen LogP contribution in [0.25, 0.3) is 10.9 Å². The lowest BCUT2D eigenvalue weighted by molar-refractivity contribution is 0.519. The van der Waals surface area contributed by atoms with Crippen molar-refractivity contribution >= 4 is 10.9 Å². The van der Waals surface area contributed by atoms with Crippen LogP contribution in [0, 0.1) is 5.92 Å². The molecule has 1 heterocycles. The minimum Gasteiger partial charge on any atom is -0.315 e. The Hall–Kier alpha value is -1.61. The molecule has 3 nitrogen and oxygen atoms in total. The summed E-state index contributed by atoms with van der Waals surface area (Å²) in [5.41, 5.74) is 1.09. The van der Waals surface area contributed by atoms with E-state index < -0.39 is 0 Å². The summed E-state index contributed by atoms with van der Waals surface area (Å²) in [6.45, 7) is 7.00. The fraction of sp³-hybridized carbons (Fsp3) is 0.438. The number of aromatic nitrogens is 1. The van der Waals surface area contributed by atoms with Crippen LogP contribution in [0.15, 0.2) is 41.2 Å². The molecule has 0 aliphatic carbocycles. The molecule has 0 amide bonds. The van der Waals surface area contributed by atoms with Gasteiger partial charge in [0.25, 0.3) is 5.56 Å². The lowest BCUT2D eigenvalue weighted by Gasteiger charge is -2.11. The molecule has 0 unspecified atom stereocenters. The van der Waals surface area contributed by atoms with Crippen molar-refractivity contribution in [3.63, 3.8) is 0 Å². The molecular formula is C16H22N2O. The van der Waals surface area contributed by atoms with E-state index in [1.54, 1.807) is 6.07 Å². The van der Waals surface area contributed by atoms with Crippen LogP contribution < -0.4 is 10.9 Å². The third-order valence-corrected chi connectivity index (χ3v) is 3.31. The zero-order chi connectivity index (χ0) is 13.7. The van der Waals surface area contributed by atoms with E-state index in [9.17, 15) is 4.79 Å². The quantitative estimate of drug-likeness (QED) is 0.808. The van der Waals surface area contributed by atoms with E-state index in [0.29, 0.717) is 5.92 Å². The van der Waals surface area contributed by atoms with Crippen LogP contribution >= 0.6 is 0 Å². The third-order valence-electron chi connectivity index (χ3n) is 3.31. The van der Waals surface area contributed by atoms with E-state index in [4.69, 9.17) is 0 Å². The molecule has 0 aliphatic rings. The van der Waals surface area contributed by atoms with Gasteiger partial charge in [-0.3, -0.25) is 4.79 Å². The van der Waals surface area contributed by atoms with Gasteiger partial charge in [0.1, 0.15) is 0 Å². The zero-order valence-electron chi connectivity index (χ0n) is 11.7. The summed E-state index contributed by atoms with van der Waals surface area (Å²) in [5, 5.41) is 4.51. The molecule has 1 aromatic heterocycles. The van der Waals surface area contributed by atoms with Crippen LogP contribution in [0.4, 0.5) is 0 Å². The topological polar surface area (TPSA) is 34.0 Å². The van der Waals surface area contributed by atoms with E-state index >= 15 is 0 Å². The van der Waals surface area contributed by atoms with Crippen molar-refractivity contribution in [1.82, 2.24) is 9.88 Å². The Kier molecular flexibility index (Phi) is 4.74. The molecule has 2 aromatic rings. The Morgan fingerprint density at radius 3 is 2.68 bits per heavy atom. The first-order chi connectivity index (χ1) is 9.18. The molecule has 1 aromatic carbocycles. The van der Waals surface area contributed by atoms with Gasteiger partial charge < -0.3 is 9.88 Å². The highest BCUT2D eigenvalue weighted by molar-refractivity contribution is 5.78. The molecule has 0 saturated heterocycles. The molecule has 0 spiro atoms. The summed E-state index contributed by atoms with van der Waals surface area (Å²) in [6, 6.07) is 11.6. The fourth-order valence-electron chi connectivity index (χ4n) is 2.18. The van der Waals surface area contributed by atoms with Gasteiger partial charge in [0, 0.05) is 19.2 Å². The number of pyridine rings is 1. The first kappa shape index (κ1) is 13.8. The predicted molar refractivity (Wildman–Crippen MR) is 80.5 cm³/mol. The average Bonchev–Trinajstić information content (AvgIpc) is 2.40. The van der Waals surface area contributed by atoms with Crippen molar-refractivity contribution in [2.75, 3.05) is 13.1 Å². The van der Waals surface area contributed by atoms with Crippen molar-refractivity contribution in [3.8, 4) is 0 Å². The SMILES string of the molecule is CC(C)CCNCCn1c(=O)ccc2ccccc21. The summed E-state index contributed by atoms with van der Waals surface area (Å²) < 4.78 is 1.84. The van der Waals surface area contributed by atoms with Crippen molar-refractivity contribution < 1.29 is 0 Å². The lowest BCUT2D eigenvalue weighted by atomic mass is 10.1. The number of nitrogens with zero attached hydrogens (tertiary/aromatic N) is 1. The molecule has 1 N–H and O–H groups in total. The summed E-state index contributed by atoms with van der Waals surface area (Å²) in [7, 11) is 0. The van der Waals surface area contributed by atoms with Crippen LogP contribution in [-0.2, 0) is 6.54 Å². The third kappa shape index (κ3) is 3.67. The minimum absolute atomic E-state index is 0.0735. The number of fused-ring (bicyclic) bond motifs is 1. The minimum atomic E-state index is 0.0735. The van der Waals surface area contributed by atoms with E-state index in [2.05, 4.69) is 19.2 Å². The molecule has 102 valence electrons. The van der Waals surface area contributed by atoms with Gasteiger partial charge in [-0.05, 0) is 36.4 Å². The Morgan fingerprint density at radius 1 is 1.11 bits per heavy atom. The van der Waals surface area contributed by atoms with Crippen molar-refractivity contribution in [2.24, 2.45) is 5.92 Å². The number of hydrogen-bond donors (Lipinski definition) is 1. The van der Waals surface area contributed by atoms with Crippen LogP contribution in [0.3, 0.4) is 0 Å². The van der Waals surface area contributed by atoms with Gasteiger partial charge in [-0.2, -0.15) is 0 Å². The highest BCUT2D eigenvalue weighted by atomic mass is 16.1. The molecule has 0 radical (unpaired) electrons. The fourth-order valence-corrected chi connectivity index (χ4v) is 2.18. The maximum Gasteiger partial charge on any atom is 0.251 e. The van der Waals surface area contributed by atoms with Crippen LogP contribution in [0.2, 0.25) is 0 Å². The van der Waals surface area contributed by atoms with E-state index in [1.165, 1.54) is 6.42 Å². The number of para-hydroxylation sites is 1. The van der Waals surface area contributed by atoms with Crippen LogP contribution in [-0.4, -0.2) is 17.7 Å². The summed E-state index contributed by atoms with van der Waals surface area (Å²) in [6.07, 6.45) is 1.17. The van der Waals surface area contributed by atoms with E-state index in [-0.39, 0.29) is 5.56 Å². The molecule has 19 heavy (non-hydrogen) atoms. The molecule has 0 fully saturated rings. The molecule has 0 bridgehead atoms. The maximum atomic E-state index is 11.9. The average molecular weight is 258 g/mol. The highest BCUT2D eigenvalue weighted by Crippen LogP contribution is 2.10. The number of hydrogen-bond acceptors (Lipinski definition) is 2. The van der Waals surface area contributed by atoms with Gasteiger partial charge in [0.15, 0.2) is 0 Å². The molecular weight excluding hydrogens is 236 g/mol. The van der Waals surface area contributed by atoms with Crippen LogP contribution in [0.1, 0.15) is 20.3 Å². The summed E-state index contributed by atoms with van der Waals surface area (Å²) in [4.78, 5) is 11.9. The zero-order valence-corrected chi connectivity index (χ0v) is 11.7. The standard InChI is InChI=1S/C16H22N2O/c1-13(2)9-10-17-11-12-18-15-6-4-3-5-14(15)7-8-16(18)19/h3-8,13,17H,9-12H2,1-2H3. The second kappa shape index (κ2) is 6.53. The number of benzene rings is 1. The molecule has 0 atom stereocenters. The van der Waals surface area contributed by atoms with Gasteiger partial charge in [-0.15, -0.1) is 0 Å². The number of nitrogens with one attached hydrogen (secondary N) is 1. The number of rotatable bonds is 6. The predicted octanol–water partition coefficient (Wildman–Crippen LogP) is 2.64. The first-order valence-corrected chi connectivity index (χ1v) is 6.98. The Bertz CT molecular complexity index is 587. The first-order valence-electron chi connectivity index (χ1n) is 6.98. The second-order valence-corrected chi connectivity index (χ2v) is 5.31. The van der Waals surface area contributed by atoms with E-state index in [1.807, 2.05) is 34.9 Å². The van der Waals surface area contributed by atoms with Crippen LogP contribution in [0.5, 0.6) is 0 Å². The largest absolute Gasteiger partial charge is 0.315 e. The van der Waals surface area contributed by atoms with Gasteiger partial charge in [0.05, 0.1) is 5.52 Å². The molecule has 2 rings (SSSR count). The smallest absolute Gasteiger partial charge is 0.251 e. The normalized spacial score (nSPS) is 11.3. The summed E-state index contributed by atoms with van der Waals surface area (Å²) >= 11 is 0. The van der Waals surface area contributed by atoms with Crippen molar-refractivity contribution in [2.45, 2.75) is 26.8 Å². The Labute approximate surface area is 114 Å². The van der Waals surface area contributed by atoms with Crippen molar-refractivity contribution in [3.05, 3.63) is 46.8 Å². The Morgan fingerprint density at radius 2 is 1.89 bits per heavy atom. The van der Waals surface area contributed by atoms with E-state index in [0.717, 1.165) is 30.5 Å². The maximum absolute atomic E-state index is 11.9. The summed E-state index contributed by atoms with van der Waals surface area (Å²) in [5.74, 6) is 0.716. The monoisotopic (exact) mass is 258 g/mol. The second-order valence-electron chi connectivity index (χ2n) is 5.31. The van der Waals surface area contributed by atoms with Gasteiger partial charge >= 0.3 is 0 Å². The highest BCUT2D eigenvalue weighted by Gasteiger charge is 2.01.